The van der Waals surface area contributed by atoms with Crippen molar-refractivity contribution in [1.29, 1.82) is 0 Å². The molecule has 0 aliphatic heterocycles. The number of nitrogens with zero attached hydrogens (tertiary/aromatic N) is 1. The number of hydrogen-bond donors (Lipinski definition) is 1. The van der Waals surface area contributed by atoms with Crippen molar-refractivity contribution in [2.24, 2.45) is 11.8 Å². The summed E-state index contributed by atoms with van der Waals surface area (Å²) in [6.07, 6.45) is 5.99. The van der Waals surface area contributed by atoms with E-state index in [2.05, 4.69) is 24.1 Å². The van der Waals surface area contributed by atoms with Gasteiger partial charge in [-0.3, -0.25) is 4.79 Å². The molecule has 3 nitrogen and oxygen atoms in total. The topological polar surface area (TPSA) is 32.3 Å². The molecule has 3 heteroatoms. The second-order valence-electron chi connectivity index (χ2n) is 6.04. The van der Waals surface area contributed by atoms with Crippen LogP contribution in [0.15, 0.2) is 0 Å². The zero-order valence-electron chi connectivity index (χ0n) is 11.2. The Morgan fingerprint density at radius 3 is 2.12 bits per heavy atom. The monoisotopic (exact) mass is 238 g/mol. The molecular weight excluding hydrogens is 212 g/mol. The molecule has 2 aliphatic rings. The van der Waals surface area contributed by atoms with Gasteiger partial charge in [0, 0.05) is 32.1 Å². The molecule has 0 atom stereocenters. The Balaban J connectivity index is 1.70. The number of rotatable bonds is 8. The van der Waals surface area contributed by atoms with E-state index in [9.17, 15) is 4.79 Å². The fraction of sp³-hybridized carbons (Fsp3) is 0.929. The minimum Gasteiger partial charge on any atom is -0.342 e. The summed E-state index contributed by atoms with van der Waals surface area (Å²) in [5.41, 5.74) is 0. The highest BCUT2D eigenvalue weighted by Gasteiger charge is 2.31. The van der Waals surface area contributed by atoms with Crippen LogP contribution in [0.5, 0.6) is 0 Å². The molecule has 2 saturated carbocycles. The van der Waals surface area contributed by atoms with Gasteiger partial charge in [-0.2, -0.15) is 0 Å². The van der Waals surface area contributed by atoms with E-state index in [4.69, 9.17) is 0 Å². The van der Waals surface area contributed by atoms with Gasteiger partial charge < -0.3 is 10.2 Å². The third kappa shape index (κ3) is 5.07. The van der Waals surface area contributed by atoms with Crippen LogP contribution in [0.1, 0.15) is 46.0 Å². The average molecular weight is 238 g/mol. The zero-order chi connectivity index (χ0) is 12.3. The highest BCUT2D eigenvalue weighted by Crippen LogP contribution is 2.33. The predicted octanol–water partition coefficient (Wildman–Crippen LogP) is 2.02. The summed E-state index contributed by atoms with van der Waals surface area (Å²) in [6.45, 7) is 7.11. The van der Waals surface area contributed by atoms with Gasteiger partial charge in [0.05, 0.1) is 0 Å². The summed E-state index contributed by atoms with van der Waals surface area (Å²) in [4.78, 5) is 14.3. The van der Waals surface area contributed by atoms with E-state index in [0.29, 0.717) is 18.4 Å². The molecule has 1 amide bonds. The average Bonchev–Trinajstić information content (AvgIpc) is 3.10. The van der Waals surface area contributed by atoms with Crippen molar-refractivity contribution in [3.05, 3.63) is 0 Å². The van der Waals surface area contributed by atoms with E-state index >= 15 is 0 Å². The molecule has 2 aliphatic carbocycles. The molecule has 2 rings (SSSR count). The number of amides is 1. The minimum atomic E-state index is 0.358. The van der Waals surface area contributed by atoms with Crippen molar-refractivity contribution >= 4 is 5.91 Å². The maximum atomic E-state index is 12.1. The lowest BCUT2D eigenvalue weighted by atomic mass is 10.2. The first-order valence-electron chi connectivity index (χ1n) is 7.16. The Bertz CT molecular complexity index is 243. The number of nitrogens with one attached hydrogen (secondary N) is 1. The molecular formula is C14H26N2O. The van der Waals surface area contributed by atoms with Gasteiger partial charge in [0.25, 0.3) is 0 Å². The molecule has 0 saturated heterocycles. The molecule has 0 bridgehead atoms. The fourth-order valence-electron chi connectivity index (χ4n) is 2.13. The highest BCUT2D eigenvalue weighted by atomic mass is 16.2. The summed E-state index contributed by atoms with van der Waals surface area (Å²) >= 11 is 0. The van der Waals surface area contributed by atoms with Crippen molar-refractivity contribution in [2.75, 3.05) is 19.6 Å². The maximum absolute atomic E-state index is 12.1. The molecule has 17 heavy (non-hydrogen) atoms. The van der Waals surface area contributed by atoms with Gasteiger partial charge in [-0.25, -0.2) is 0 Å². The van der Waals surface area contributed by atoms with Crippen LogP contribution in [-0.2, 0) is 4.79 Å². The summed E-state index contributed by atoms with van der Waals surface area (Å²) in [7, 11) is 0. The molecule has 0 aromatic heterocycles. The Labute approximate surface area is 105 Å². The van der Waals surface area contributed by atoms with Gasteiger partial charge in [0.15, 0.2) is 0 Å². The van der Waals surface area contributed by atoms with Crippen LogP contribution >= 0.6 is 0 Å². The molecule has 98 valence electrons. The summed E-state index contributed by atoms with van der Waals surface area (Å²) in [6, 6.07) is 0.475. The largest absolute Gasteiger partial charge is 0.342 e. The quantitative estimate of drug-likeness (QED) is 0.701. The Morgan fingerprint density at radius 2 is 1.71 bits per heavy atom. The lowest BCUT2D eigenvalue weighted by molar-refractivity contribution is -0.131. The van der Waals surface area contributed by atoms with Crippen molar-refractivity contribution in [1.82, 2.24) is 10.2 Å². The summed E-state index contributed by atoms with van der Waals surface area (Å²) in [5, 5.41) is 3.32. The van der Waals surface area contributed by atoms with Gasteiger partial charge in [0.2, 0.25) is 5.91 Å². The van der Waals surface area contributed by atoms with Gasteiger partial charge in [-0.1, -0.05) is 13.8 Å². The van der Waals surface area contributed by atoms with Gasteiger partial charge >= 0.3 is 0 Å². The van der Waals surface area contributed by atoms with Crippen LogP contribution in [0.2, 0.25) is 0 Å². The molecule has 0 heterocycles. The molecule has 0 spiro atoms. The molecule has 2 fully saturated rings. The second-order valence-corrected chi connectivity index (χ2v) is 6.04. The van der Waals surface area contributed by atoms with Crippen LogP contribution in [0.4, 0.5) is 0 Å². The normalized spacial score (nSPS) is 19.7. The first-order chi connectivity index (χ1) is 8.15. The van der Waals surface area contributed by atoms with E-state index in [1.807, 2.05) is 0 Å². The SMILES string of the molecule is CC(C)NCCC(=O)N(CC1CC1)CC1CC1. The van der Waals surface area contributed by atoms with E-state index < -0.39 is 0 Å². The predicted molar refractivity (Wildman–Crippen MR) is 69.8 cm³/mol. The highest BCUT2D eigenvalue weighted by molar-refractivity contribution is 5.76. The third-order valence-electron chi connectivity index (χ3n) is 3.60. The standard InChI is InChI=1S/C14H26N2O/c1-11(2)15-8-7-14(17)16(9-12-3-4-12)10-13-5-6-13/h11-13,15H,3-10H2,1-2H3. The molecule has 0 unspecified atom stereocenters. The first-order valence-corrected chi connectivity index (χ1v) is 7.16. The van der Waals surface area contributed by atoms with Crippen molar-refractivity contribution < 1.29 is 4.79 Å². The van der Waals surface area contributed by atoms with Gasteiger partial charge in [-0.05, 0) is 37.5 Å². The van der Waals surface area contributed by atoms with Gasteiger partial charge in [0.1, 0.15) is 0 Å². The molecule has 0 aromatic carbocycles. The lowest BCUT2D eigenvalue weighted by Gasteiger charge is -2.23. The number of carbonyl (C=O) groups is 1. The van der Waals surface area contributed by atoms with E-state index in [1.54, 1.807) is 0 Å². The summed E-state index contributed by atoms with van der Waals surface area (Å²) in [5.74, 6) is 1.99. The molecule has 0 radical (unpaired) electrons. The van der Waals surface area contributed by atoms with Crippen LogP contribution in [-0.4, -0.2) is 36.5 Å². The Morgan fingerprint density at radius 1 is 1.18 bits per heavy atom. The molecule has 1 N–H and O–H groups in total. The van der Waals surface area contributed by atoms with E-state index in [1.165, 1.54) is 25.7 Å². The van der Waals surface area contributed by atoms with E-state index in [-0.39, 0.29) is 0 Å². The number of carbonyl (C=O) groups excluding carboxylic acids is 1. The number of hydrogen-bond acceptors (Lipinski definition) is 2. The van der Waals surface area contributed by atoms with Crippen LogP contribution in [0.25, 0.3) is 0 Å². The zero-order valence-corrected chi connectivity index (χ0v) is 11.2. The molecule has 0 aromatic rings. The summed E-state index contributed by atoms with van der Waals surface area (Å²) < 4.78 is 0. The Kier molecular flexibility index (Phi) is 4.43. The Hall–Kier alpha value is -0.570. The third-order valence-corrected chi connectivity index (χ3v) is 3.60. The fourth-order valence-corrected chi connectivity index (χ4v) is 2.13. The lowest BCUT2D eigenvalue weighted by Crippen LogP contribution is -2.37. The first kappa shape index (κ1) is 12.9. The van der Waals surface area contributed by atoms with Crippen LogP contribution in [0, 0.1) is 11.8 Å². The second kappa shape index (κ2) is 5.85. The van der Waals surface area contributed by atoms with Crippen LogP contribution < -0.4 is 5.32 Å². The van der Waals surface area contributed by atoms with Crippen molar-refractivity contribution in [2.45, 2.75) is 52.0 Å². The van der Waals surface area contributed by atoms with Crippen LogP contribution in [0.3, 0.4) is 0 Å². The van der Waals surface area contributed by atoms with Crippen molar-refractivity contribution in [3.8, 4) is 0 Å². The minimum absolute atomic E-state index is 0.358. The van der Waals surface area contributed by atoms with Crippen molar-refractivity contribution in [3.63, 3.8) is 0 Å². The van der Waals surface area contributed by atoms with Gasteiger partial charge in [-0.15, -0.1) is 0 Å². The van der Waals surface area contributed by atoms with E-state index in [0.717, 1.165) is 31.5 Å². The smallest absolute Gasteiger partial charge is 0.223 e. The maximum Gasteiger partial charge on any atom is 0.223 e.